The lowest BCUT2D eigenvalue weighted by Gasteiger charge is -2.29. The van der Waals surface area contributed by atoms with E-state index in [0.717, 1.165) is 42.5 Å². The van der Waals surface area contributed by atoms with E-state index in [0.29, 0.717) is 31.9 Å². The number of aliphatic carboxylic acids is 1. The summed E-state index contributed by atoms with van der Waals surface area (Å²) in [4.78, 5) is 43.5. The van der Waals surface area contributed by atoms with E-state index in [-0.39, 0.29) is 24.2 Å². The van der Waals surface area contributed by atoms with Gasteiger partial charge in [-0.15, -0.1) is 0 Å². The van der Waals surface area contributed by atoms with Gasteiger partial charge in [0, 0.05) is 43.3 Å². The van der Waals surface area contributed by atoms with E-state index >= 15 is 0 Å². The van der Waals surface area contributed by atoms with Crippen LogP contribution in [0.15, 0.2) is 42.6 Å². The van der Waals surface area contributed by atoms with Crippen molar-refractivity contribution in [1.82, 2.24) is 20.5 Å². The first kappa shape index (κ1) is 32.8. The third-order valence-corrected chi connectivity index (χ3v) is 7.20. The molecule has 1 aromatic heterocycles. The van der Waals surface area contributed by atoms with Crippen LogP contribution < -0.4 is 15.4 Å². The fourth-order valence-corrected chi connectivity index (χ4v) is 4.97. The van der Waals surface area contributed by atoms with Crippen LogP contribution in [0.5, 0.6) is 5.88 Å². The van der Waals surface area contributed by atoms with Gasteiger partial charge in [0.1, 0.15) is 11.6 Å². The van der Waals surface area contributed by atoms with Gasteiger partial charge < -0.3 is 30.1 Å². The van der Waals surface area contributed by atoms with Gasteiger partial charge in [-0.25, -0.2) is 14.6 Å². The highest BCUT2D eigenvalue weighted by atomic mass is 16.6. The molecule has 1 unspecified atom stereocenters. The average Bonchev–Trinajstić information content (AvgIpc) is 2.93. The zero-order valence-corrected chi connectivity index (χ0v) is 25.5. The third-order valence-electron chi connectivity index (χ3n) is 7.20. The number of hydrogen-bond donors (Lipinski definition) is 3. The molecule has 230 valence electrons. The standard InChI is InChI=1S/C32H46N4O6/c1-32(2,3)42-31(40)34-20-22-10-12-24(13-11-22)29(37)35-27(30(38)39)19-23-8-6-9-25(18-23)26-14-15-28(33-21-26)41-17-7-16-36(4)5/h6,8-9,14-15,18,21-22,24,27H,7,10-13,16-17,19-20H2,1-5H3,(H,34,40)(H,35,37)(H,38,39). The number of carbonyl (C=O) groups excluding carboxylic acids is 2. The maximum absolute atomic E-state index is 13.0. The molecule has 0 spiro atoms. The summed E-state index contributed by atoms with van der Waals surface area (Å²) in [7, 11) is 4.05. The number of amides is 2. The van der Waals surface area contributed by atoms with Crippen LogP contribution in [0.2, 0.25) is 0 Å². The van der Waals surface area contributed by atoms with Crippen LogP contribution in [0, 0.1) is 11.8 Å². The normalized spacial score (nSPS) is 17.8. The molecule has 0 aliphatic heterocycles. The van der Waals surface area contributed by atoms with E-state index in [1.807, 2.05) is 71.3 Å². The Bertz CT molecular complexity index is 1170. The molecule has 0 saturated heterocycles. The summed E-state index contributed by atoms with van der Waals surface area (Å²) in [5.41, 5.74) is 2.06. The van der Waals surface area contributed by atoms with Gasteiger partial charge in [0.05, 0.1) is 6.61 Å². The highest BCUT2D eigenvalue weighted by molar-refractivity contribution is 5.85. The Hall–Kier alpha value is -3.66. The number of nitrogens with zero attached hydrogens (tertiary/aromatic N) is 2. The first-order valence-corrected chi connectivity index (χ1v) is 14.7. The van der Waals surface area contributed by atoms with Crippen LogP contribution in [-0.4, -0.2) is 78.4 Å². The van der Waals surface area contributed by atoms with Gasteiger partial charge in [0.15, 0.2) is 0 Å². The van der Waals surface area contributed by atoms with Crippen LogP contribution in [-0.2, 0) is 20.7 Å². The summed E-state index contributed by atoms with van der Waals surface area (Å²) in [6, 6.07) is 10.4. The number of carboxylic acid groups (broad SMARTS) is 1. The molecular weight excluding hydrogens is 536 g/mol. The van der Waals surface area contributed by atoms with E-state index < -0.39 is 23.7 Å². The first-order valence-electron chi connectivity index (χ1n) is 14.7. The predicted molar refractivity (Wildman–Crippen MR) is 161 cm³/mol. The summed E-state index contributed by atoms with van der Waals surface area (Å²) >= 11 is 0. The summed E-state index contributed by atoms with van der Waals surface area (Å²) in [5.74, 6) is -0.719. The van der Waals surface area contributed by atoms with E-state index in [1.165, 1.54) is 0 Å². The number of aromatic nitrogens is 1. The second-order valence-electron chi connectivity index (χ2n) is 12.3. The lowest BCUT2D eigenvalue weighted by Crippen LogP contribution is -2.46. The molecule has 10 heteroatoms. The molecule has 3 N–H and O–H groups in total. The molecule has 1 aliphatic carbocycles. The van der Waals surface area contributed by atoms with Gasteiger partial charge in [-0.1, -0.05) is 24.3 Å². The SMILES string of the molecule is CN(C)CCCOc1ccc(-c2cccc(CC(NC(=O)C3CCC(CNC(=O)OC(C)(C)C)CC3)C(=O)O)c2)cn1. The quantitative estimate of drug-likeness (QED) is 0.294. The zero-order chi connectivity index (χ0) is 30.7. The maximum Gasteiger partial charge on any atom is 0.407 e. The fourth-order valence-electron chi connectivity index (χ4n) is 4.97. The van der Waals surface area contributed by atoms with Crippen LogP contribution in [0.3, 0.4) is 0 Å². The summed E-state index contributed by atoms with van der Waals surface area (Å²) < 4.78 is 11.0. The Morgan fingerprint density at radius 3 is 2.43 bits per heavy atom. The van der Waals surface area contributed by atoms with Crippen LogP contribution >= 0.6 is 0 Å². The molecule has 10 nitrogen and oxygen atoms in total. The van der Waals surface area contributed by atoms with Crippen molar-refractivity contribution in [2.75, 3.05) is 33.8 Å². The van der Waals surface area contributed by atoms with Crippen molar-refractivity contribution < 1.29 is 29.0 Å². The van der Waals surface area contributed by atoms with Gasteiger partial charge in [-0.2, -0.15) is 0 Å². The molecule has 0 radical (unpaired) electrons. The molecule has 1 saturated carbocycles. The number of benzene rings is 1. The van der Waals surface area contributed by atoms with Crippen molar-refractivity contribution in [1.29, 1.82) is 0 Å². The molecule has 0 bridgehead atoms. The number of ether oxygens (including phenoxy) is 2. The van der Waals surface area contributed by atoms with Crippen molar-refractivity contribution in [3.8, 4) is 17.0 Å². The molecule has 42 heavy (non-hydrogen) atoms. The van der Waals surface area contributed by atoms with Crippen molar-refractivity contribution in [3.05, 3.63) is 48.2 Å². The van der Waals surface area contributed by atoms with Gasteiger partial charge >= 0.3 is 12.1 Å². The maximum atomic E-state index is 13.0. The minimum atomic E-state index is -1.07. The van der Waals surface area contributed by atoms with Crippen LogP contribution in [0.25, 0.3) is 11.1 Å². The van der Waals surface area contributed by atoms with Gasteiger partial charge in [0.2, 0.25) is 11.8 Å². The lowest BCUT2D eigenvalue weighted by molar-refractivity contribution is -0.142. The summed E-state index contributed by atoms with van der Waals surface area (Å²) in [6.07, 6.45) is 5.25. The average molecular weight is 583 g/mol. The van der Waals surface area contributed by atoms with Crippen molar-refractivity contribution in [3.63, 3.8) is 0 Å². The van der Waals surface area contributed by atoms with Gasteiger partial charge in [0.25, 0.3) is 0 Å². The topological polar surface area (TPSA) is 130 Å². The van der Waals surface area contributed by atoms with Crippen LogP contribution in [0.4, 0.5) is 4.79 Å². The Kier molecular flexibility index (Phi) is 12.2. The Balaban J connectivity index is 1.50. The highest BCUT2D eigenvalue weighted by Gasteiger charge is 2.30. The lowest BCUT2D eigenvalue weighted by atomic mass is 9.81. The van der Waals surface area contributed by atoms with E-state index in [2.05, 4.69) is 20.5 Å². The molecule has 1 heterocycles. The highest BCUT2D eigenvalue weighted by Crippen LogP contribution is 2.29. The van der Waals surface area contributed by atoms with E-state index in [1.54, 1.807) is 6.20 Å². The van der Waals surface area contributed by atoms with Crippen LogP contribution in [0.1, 0.15) is 58.4 Å². The Morgan fingerprint density at radius 2 is 1.81 bits per heavy atom. The predicted octanol–water partition coefficient (Wildman–Crippen LogP) is 4.52. The molecule has 1 fully saturated rings. The van der Waals surface area contributed by atoms with Crippen molar-refractivity contribution in [2.24, 2.45) is 11.8 Å². The third kappa shape index (κ3) is 11.3. The number of pyridine rings is 1. The van der Waals surface area contributed by atoms with E-state index in [9.17, 15) is 19.5 Å². The minimum absolute atomic E-state index is 0.171. The molecule has 1 atom stereocenters. The second kappa shape index (κ2) is 15.5. The number of carboxylic acids is 1. The fraction of sp³-hybridized carbons (Fsp3) is 0.562. The number of rotatable bonds is 13. The first-order chi connectivity index (χ1) is 19.9. The summed E-state index contributed by atoms with van der Waals surface area (Å²) in [5, 5.41) is 15.4. The number of alkyl carbamates (subject to hydrolysis) is 1. The molecule has 1 aromatic carbocycles. The molecular formula is C32H46N4O6. The van der Waals surface area contributed by atoms with Crippen molar-refractivity contribution >= 4 is 18.0 Å². The number of nitrogens with one attached hydrogen (secondary N) is 2. The summed E-state index contributed by atoms with van der Waals surface area (Å²) in [6.45, 7) is 7.49. The van der Waals surface area contributed by atoms with Gasteiger partial charge in [-0.05, 0) is 90.1 Å². The number of carbonyl (C=O) groups is 3. The number of hydrogen-bond acceptors (Lipinski definition) is 7. The van der Waals surface area contributed by atoms with Crippen molar-refractivity contribution in [2.45, 2.75) is 70.9 Å². The second-order valence-corrected chi connectivity index (χ2v) is 12.3. The molecule has 2 amide bonds. The zero-order valence-electron chi connectivity index (χ0n) is 25.5. The minimum Gasteiger partial charge on any atom is -0.480 e. The Labute approximate surface area is 249 Å². The molecule has 2 aromatic rings. The largest absolute Gasteiger partial charge is 0.480 e. The van der Waals surface area contributed by atoms with E-state index in [4.69, 9.17) is 9.47 Å². The smallest absolute Gasteiger partial charge is 0.407 e. The van der Waals surface area contributed by atoms with Gasteiger partial charge in [-0.3, -0.25) is 4.79 Å². The molecule has 3 rings (SSSR count). The monoisotopic (exact) mass is 582 g/mol. The Morgan fingerprint density at radius 1 is 1.07 bits per heavy atom. The molecule has 1 aliphatic rings.